The van der Waals surface area contributed by atoms with E-state index < -0.39 is 5.54 Å². The predicted molar refractivity (Wildman–Crippen MR) is 76.6 cm³/mol. The van der Waals surface area contributed by atoms with Gasteiger partial charge in [-0.1, -0.05) is 6.92 Å². The minimum Gasteiger partial charge on any atom is -0.368 e. The van der Waals surface area contributed by atoms with E-state index in [1.807, 2.05) is 6.92 Å². The molecule has 0 rings (SSSR count). The Morgan fingerprint density at radius 3 is 2.28 bits per heavy atom. The molecule has 5 nitrogen and oxygen atoms in total. The summed E-state index contributed by atoms with van der Waals surface area (Å²) in [6, 6.07) is 0. The number of nitrogens with two attached hydrogens (primary N) is 1. The standard InChI is InChI=1S/C13H30N4O/c1-6-8-15-13(2,12(14)18)7-9-17(5)11-10-16(3)4/h15H,6-11H2,1-5H3,(H2,14,18). The molecule has 5 heteroatoms. The first-order chi connectivity index (χ1) is 8.31. The van der Waals surface area contributed by atoms with E-state index in [0.717, 1.165) is 39.0 Å². The lowest BCUT2D eigenvalue weighted by Crippen LogP contribution is -2.54. The van der Waals surface area contributed by atoms with Gasteiger partial charge in [-0.05, 0) is 47.5 Å². The quantitative estimate of drug-likeness (QED) is 0.584. The Kier molecular flexibility index (Phi) is 8.15. The molecule has 0 aliphatic rings. The zero-order valence-electron chi connectivity index (χ0n) is 12.6. The van der Waals surface area contributed by atoms with Gasteiger partial charge in [0.2, 0.25) is 5.91 Å². The van der Waals surface area contributed by atoms with Crippen molar-refractivity contribution in [2.45, 2.75) is 32.2 Å². The van der Waals surface area contributed by atoms with Gasteiger partial charge in [0.05, 0.1) is 5.54 Å². The average molecular weight is 258 g/mol. The van der Waals surface area contributed by atoms with E-state index in [1.165, 1.54) is 0 Å². The molecule has 0 saturated heterocycles. The van der Waals surface area contributed by atoms with Crippen LogP contribution >= 0.6 is 0 Å². The summed E-state index contributed by atoms with van der Waals surface area (Å²) in [5.74, 6) is -0.267. The highest BCUT2D eigenvalue weighted by Gasteiger charge is 2.29. The topological polar surface area (TPSA) is 61.6 Å². The Hall–Kier alpha value is -0.650. The Bertz CT molecular complexity index is 245. The highest BCUT2D eigenvalue weighted by atomic mass is 16.1. The number of rotatable bonds is 10. The van der Waals surface area contributed by atoms with Crippen molar-refractivity contribution in [3.8, 4) is 0 Å². The van der Waals surface area contributed by atoms with Gasteiger partial charge in [0.15, 0.2) is 0 Å². The van der Waals surface area contributed by atoms with Crippen LogP contribution in [0.4, 0.5) is 0 Å². The predicted octanol–water partition coefficient (Wildman–Crippen LogP) is 0.114. The lowest BCUT2D eigenvalue weighted by atomic mass is 9.96. The highest BCUT2D eigenvalue weighted by Crippen LogP contribution is 2.10. The minimum absolute atomic E-state index is 0.267. The molecule has 3 N–H and O–H groups in total. The van der Waals surface area contributed by atoms with E-state index in [4.69, 9.17) is 5.73 Å². The van der Waals surface area contributed by atoms with Crippen molar-refractivity contribution < 1.29 is 4.79 Å². The molecule has 0 aliphatic carbocycles. The normalized spacial score (nSPS) is 15.1. The van der Waals surface area contributed by atoms with Crippen molar-refractivity contribution in [3.63, 3.8) is 0 Å². The van der Waals surface area contributed by atoms with Gasteiger partial charge in [-0.25, -0.2) is 0 Å². The number of amides is 1. The number of hydrogen-bond acceptors (Lipinski definition) is 4. The summed E-state index contributed by atoms with van der Waals surface area (Å²) in [5, 5.41) is 3.25. The third-order valence-electron chi connectivity index (χ3n) is 3.23. The molecule has 0 aromatic rings. The SMILES string of the molecule is CCCNC(C)(CCN(C)CCN(C)C)C(N)=O. The molecule has 0 spiro atoms. The summed E-state index contributed by atoms with van der Waals surface area (Å²) in [5.41, 5.74) is 4.90. The molecule has 0 aliphatic heterocycles. The lowest BCUT2D eigenvalue weighted by molar-refractivity contribution is -0.124. The van der Waals surface area contributed by atoms with Crippen LogP contribution in [0.25, 0.3) is 0 Å². The number of nitrogens with one attached hydrogen (secondary N) is 1. The fourth-order valence-electron chi connectivity index (χ4n) is 1.60. The zero-order valence-corrected chi connectivity index (χ0v) is 12.6. The van der Waals surface area contributed by atoms with E-state index in [1.54, 1.807) is 0 Å². The molecule has 0 radical (unpaired) electrons. The molecule has 108 valence electrons. The highest BCUT2D eigenvalue weighted by molar-refractivity contribution is 5.84. The zero-order chi connectivity index (χ0) is 14.2. The molecular formula is C13H30N4O. The summed E-state index contributed by atoms with van der Waals surface area (Å²) < 4.78 is 0. The summed E-state index contributed by atoms with van der Waals surface area (Å²) in [6.07, 6.45) is 1.74. The Labute approximate surface area is 112 Å². The van der Waals surface area contributed by atoms with E-state index in [0.29, 0.717) is 0 Å². The second-order valence-electron chi connectivity index (χ2n) is 5.48. The van der Waals surface area contributed by atoms with E-state index in [2.05, 4.69) is 43.2 Å². The average Bonchev–Trinajstić information content (AvgIpc) is 2.30. The number of likely N-dealkylation sites (N-methyl/N-ethyl adjacent to an activating group) is 2. The molecule has 0 bridgehead atoms. The fraction of sp³-hybridized carbons (Fsp3) is 0.923. The van der Waals surface area contributed by atoms with Crippen LogP contribution in [0.1, 0.15) is 26.7 Å². The maximum absolute atomic E-state index is 11.5. The Balaban J connectivity index is 4.14. The van der Waals surface area contributed by atoms with Crippen LogP contribution in [0.5, 0.6) is 0 Å². The van der Waals surface area contributed by atoms with E-state index in [-0.39, 0.29) is 5.91 Å². The van der Waals surface area contributed by atoms with Gasteiger partial charge in [-0.2, -0.15) is 0 Å². The van der Waals surface area contributed by atoms with Crippen LogP contribution in [-0.4, -0.2) is 68.6 Å². The Morgan fingerprint density at radius 2 is 1.83 bits per heavy atom. The first kappa shape index (κ1) is 17.4. The molecule has 0 aromatic heterocycles. The third-order valence-corrected chi connectivity index (χ3v) is 3.23. The van der Waals surface area contributed by atoms with Crippen LogP contribution in [0.3, 0.4) is 0 Å². The first-order valence-electron chi connectivity index (χ1n) is 6.70. The maximum atomic E-state index is 11.5. The number of hydrogen-bond donors (Lipinski definition) is 2. The van der Waals surface area contributed by atoms with Gasteiger partial charge in [-0.15, -0.1) is 0 Å². The van der Waals surface area contributed by atoms with Gasteiger partial charge < -0.3 is 20.9 Å². The Morgan fingerprint density at radius 1 is 1.22 bits per heavy atom. The molecule has 1 unspecified atom stereocenters. The molecule has 1 atom stereocenters. The molecule has 0 fully saturated rings. The molecule has 0 heterocycles. The molecule has 1 amide bonds. The monoisotopic (exact) mass is 258 g/mol. The number of nitrogens with zero attached hydrogens (tertiary/aromatic N) is 2. The van der Waals surface area contributed by atoms with Crippen molar-refractivity contribution in [1.82, 2.24) is 15.1 Å². The molecular weight excluding hydrogens is 228 g/mol. The largest absolute Gasteiger partial charge is 0.368 e. The molecule has 0 saturated carbocycles. The van der Waals surface area contributed by atoms with Crippen LogP contribution in [0.2, 0.25) is 0 Å². The van der Waals surface area contributed by atoms with Gasteiger partial charge in [0.1, 0.15) is 0 Å². The fourth-order valence-corrected chi connectivity index (χ4v) is 1.60. The first-order valence-corrected chi connectivity index (χ1v) is 6.70. The van der Waals surface area contributed by atoms with Crippen molar-refractivity contribution in [2.75, 3.05) is 47.3 Å². The van der Waals surface area contributed by atoms with E-state index in [9.17, 15) is 4.79 Å². The van der Waals surface area contributed by atoms with Crippen molar-refractivity contribution >= 4 is 5.91 Å². The van der Waals surface area contributed by atoms with Crippen molar-refractivity contribution in [1.29, 1.82) is 0 Å². The van der Waals surface area contributed by atoms with Gasteiger partial charge in [-0.3, -0.25) is 4.79 Å². The summed E-state index contributed by atoms with van der Waals surface area (Å²) in [6.45, 7) is 7.68. The molecule has 18 heavy (non-hydrogen) atoms. The van der Waals surface area contributed by atoms with Crippen LogP contribution in [0.15, 0.2) is 0 Å². The molecule has 0 aromatic carbocycles. The summed E-state index contributed by atoms with van der Waals surface area (Å²) in [7, 11) is 6.19. The summed E-state index contributed by atoms with van der Waals surface area (Å²) in [4.78, 5) is 15.9. The third kappa shape index (κ3) is 6.93. The smallest absolute Gasteiger partial charge is 0.237 e. The summed E-state index contributed by atoms with van der Waals surface area (Å²) >= 11 is 0. The lowest BCUT2D eigenvalue weighted by Gasteiger charge is -2.30. The van der Waals surface area contributed by atoms with Crippen LogP contribution in [0, 0.1) is 0 Å². The maximum Gasteiger partial charge on any atom is 0.237 e. The number of carbonyl (C=O) groups is 1. The van der Waals surface area contributed by atoms with Gasteiger partial charge in [0, 0.05) is 19.6 Å². The van der Waals surface area contributed by atoms with Gasteiger partial charge >= 0.3 is 0 Å². The minimum atomic E-state index is -0.595. The van der Waals surface area contributed by atoms with Gasteiger partial charge in [0.25, 0.3) is 0 Å². The number of carbonyl (C=O) groups excluding carboxylic acids is 1. The van der Waals surface area contributed by atoms with Crippen LogP contribution < -0.4 is 11.1 Å². The van der Waals surface area contributed by atoms with Crippen LogP contribution in [-0.2, 0) is 4.79 Å². The van der Waals surface area contributed by atoms with E-state index >= 15 is 0 Å². The number of primary amides is 1. The second-order valence-corrected chi connectivity index (χ2v) is 5.48. The van der Waals surface area contributed by atoms with Crippen molar-refractivity contribution in [2.24, 2.45) is 5.73 Å². The second kappa shape index (κ2) is 8.45. The van der Waals surface area contributed by atoms with Crippen molar-refractivity contribution in [3.05, 3.63) is 0 Å².